The Bertz CT molecular complexity index is 1110. The number of nitrogens with zero attached hydrogens (tertiary/aromatic N) is 1. The third kappa shape index (κ3) is 4.94. The van der Waals surface area contributed by atoms with E-state index in [1.54, 1.807) is 12.1 Å². The monoisotopic (exact) mass is 443 g/mol. The van der Waals surface area contributed by atoms with Crippen LogP contribution in [0.15, 0.2) is 72.8 Å². The molecular formula is C30H31F2N. The largest absolute Gasteiger partial charge is 0.303 e. The van der Waals surface area contributed by atoms with Crippen molar-refractivity contribution in [3.8, 4) is 0 Å². The number of hydrogen-bond donors (Lipinski definition) is 0. The first-order valence-corrected chi connectivity index (χ1v) is 12.2. The van der Waals surface area contributed by atoms with Crippen molar-refractivity contribution in [2.45, 2.75) is 32.1 Å². The number of hydrogen-bond acceptors (Lipinski definition) is 1. The van der Waals surface area contributed by atoms with Crippen LogP contribution in [-0.4, -0.2) is 31.2 Å². The van der Waals surface area contributed by atoms with E-state index in [2.05, 4.69) is 53.4 Å². The Kier molecular flexibility index (Phi) is 6.68. The highest BCUT2D eigenvalue weighted by Crippen LogP contribution is 2.40. The van der Waals surface area contributed by atoms with Crippen LogP contribution < -0.4 is 0 Å². The van der Waals surface area contributed by atoms with E-state index in [1.165, 1.54) is 33.4 Å². The molecule has 0 bridgehead atoms. The van der Waals surface area contributed by atoms with Crippen molar-refractivity contribution in [1.29, 1.82) is 0 Å². The van der Waals surface area contributed by atoms with Gasteiger partial charge < -0.3 is 4.90 Å². The zero-order valence-corrected chi connectivity index (χ0v) is 19.1. The predicted octanol–water partition coefficient (Wildman–Crippen LogP) is 6.96. The lowest BCUT2D eigenvalue weighted by Gasteiger charge is -2.39. The summed E-state index contributed by atoms with van der Waals surface area (Å²) in [6.45, 7) is 2.82. The van der Waals surface area contributed by atoms with E-state index in [0.717, 1.165) is 50.9 Å². The van der Waals surface area contributed by atoms with Crippen LogP contribution in [0.25, 0.3) is 11.1 Å². The lowest BCUT2D eigenvalue weighted by molar-refractivity contribution is 0.0968. The Balaban J connectivity index is 1.44. The molecule has 1 aliphatic heterocycles. The standard InChI is InChI=1S/C30H31F2N/c31-17-4-18-33-20-23(21-33)19-22-9-11-26(12-10-22)30-28-7-2-1-5-24(28)6-3-8-29(30)25-13-15-27(32)16-14-25/h1-2,5,7,9-16,23H,3-4,6,8,17-21H2. The Morgan fingerprint density at radius 3 is 2.30 bits per heavy atom. The van der Waals surface area contributed by atoms with Gasteiger partial charge in [-0.15, -0.1) is 0 Å². The van der Waals surface area contributed by atoms with Gasteiger partial charge in [0.05, 0.1) is 6.67 Å². The van der Waals surface area contributed by atoms with Gasteiger partial charge in [0.2, 0.25) is 0 Å². The summed E-state index contributed by atoms with van der Waals surface area (Å²) in [7, 11) is 0. The molecule has 0 radical (unpaired) electrons. The lowest BCUT2D eigenvalue weighted by Crippen LogP contribution is -2.47. The van der Waals surface area contributed by atoms with Crippen LogP contribution in [0.1, 0.15) is 47.1 Å². The van der Waals surface area contributed by atoms with E-state index in [-0.39, 0.29) is 12.5 Å². The maximum Gasteiger partial charge on any atom is 0.123 e. The molecule has 0 N–H and O–H groups in total. The number of aryl methyl sites for hydroxylation is 1. The fourth-order valence-corrected chi connectivity index (χ4v) is 5.41. The number of alkyl halides is 1. The molecule has 0 spiro atoms. The molecule has 2 aliphatic rings. The average molecular weight is 444 g/mol. The molecule has 5 rings (SSSR count). The van der Waals surface area contributed by atoms with Crippen molar-refractivity contribution in [2.24, 2.45) is 5.92 Å². The zero-order valence-electron chi connectivity index (χ0n) is 19.1. The quantitative estimate of drug-likeness (QED) is 0.382. The summed E-state index contributed by atoms with van der Waals surface area (Å²) in [6, 6.07) is 24.7. The predicted molar refractivity (Wildman–Crippen MR) is 132 cm³/mol. The highest BCUT2D eigenvalue weighted by molar-refractivity contribution is 5.99. The molecule has 0 aromatic heterocycles. The summed E-state index contributed by atoms with van der Waals surface area (Å²) < 4.78 is 26.0. The fraction of sp³-hybridized carbons (Fsp3) is 0.333. The molecule has 0 unspecified atom stereocenters. The van der Waals surface area contributed by atoms with Gasteiger partial charge in [-0.25, -0.2) is 4.39 Å². The highest BCUT2D eigenvalue weighted by atomic mass is 19.1. The first-order chi connectivity index (χ1) is 16.2. The van der Waals surface area contributed by atoms with Crippen molar-refractivity contribution in [3.63, 3.8) is 0 Å². The van der Waals surface area contributed by atoms with Crippen LogP contribution in [0.2, 0.25) is 0 Å². The topological polar surface area (TPSA) is 3.24 Å². The molecule has 0 amide bonds. The summed E-state index contributed by atoms with van der Waals surface area (Å²) in [5, 5.41) is 0. The summed E-state index contributed by atoms with van der Waals surface area (Å²) in [6.07, 6.45) is 4.85. The van der Waals surface area contributed by atoms with Crippen LogP contribution in [0.5, 0.6) is 0 Å². The first-order valence-electron chi connectivity index (χ1n) is 12.2. The number of rotatable bonds is 7. The number of likely N-dealkylation sites (tertiary alicyclic amines) is 1. The van der Waals surface area contributed by atoms with Crippen LogP contribution in [-0.2, 0) is 12.8 Å². The van der Waals surface area contributed by atoms with Crippen LogP contribution in [0.4, 0.5) is 8.78 Å². The molecule has 1 nitrogen and oxygen atoms in total. The van der Waals surface area contributed by atoms with Gasteiger partial charge in [0.1, 0.15) is 5.82 Å². The fourth-order valence-electron chi connectivity index (χ4n) is 5.41. The molecule has 0 atom stereocenters. The molecule has 170 valence electrons. The van der Waals surface area contributed by atoms with E-state index >= 15 is 0 Å². The number of benzene rings is 3. The van der Waals surface area contributed by atoms with Crippen molar-refractivity contribution in [2.75, 3.05) is 26.3 Å². The molecule has 3 aromatic rings. The molecule has 33 heavy (non-hydrogen) atoms. The second kappa shape index (κ2) is 10.0. The SMILES string of the molecule is FCCCN1CC(Cc2ccc(C3=C(c4ccc(F)cc4)CCCc4ccccc43)cc2)C1. The Hall–Kier alpha value is -2.78. The summed E-state index contributed by atoms with van der Waals surface area (Å²) in [4.78, 5) is 2.35. The molecule has 1 fully saturated rings. The smallest absolute Gasteiger partial charge is 0.123 e. The number of halogens is 2. The van der Waals surface area contributed by atoms with Crippen molar-refractivity contribution in [1.82, 2.24) is 4.90 Å². The molecule has 1 saturated heterocycles. The summed E-state index contributed by atoms with van der Waals surface area (Å²) in [5.74, 6) is 0.474. The van der Waals surface area contributed by atoms with Gasteiger partial charge >= 0.3 is 0 Å². The minimum atomic E-state index is -0.221. The maximum atomic E-state index is 13.6. The van der Waals surface area contributed by atoms with Crippen molar-refractivity contribution >= 4 is 11.1 Å². The molecule has 1 aliphatic carbocycles. The average Bonchev–Trinajstić information content (AvgIpc) is 3.01. The zero-order chi connectivity index (χ0) is 22.6. The number of allylic oxidation sites excluding steroid dienone is 1. The van der Waals surface area contributed by atoms with E-state index in [4.69, 9.17) is 0 Å². The number of fused-ring (bicyclic) bond motifs is 1. The second-order valence-electron chi connectivity index (χ2n) is 9.44. The van der Waals surface area contributed by atoms with E-state index < -0.39 is 0 Å². The Morgan fingerprint density at radius 2 is 1.55 bits per heavy atom. The lowest BCUT2D eigenvalue weighted by atomic mass is 9.86. The minimum absolute atomic E-state index is 0.196. The summed E-state index contributed by atoms with van der Waals surface area (Å²) in [5.41, 5.74) is 8.96. The van der Waals surface area contributed by atoms with Gasteiger partial charge in [-0.1, -0.05) is 60.7 Å². The Labute approximate surface area is 195 Å². The van der Waals surface area contributed by atoms with Gasteiger partial charge in [0.25, 0.3) is 0 Å². The van der Waals surface area contributed by atoms with Crippen LogP contribution in [0, 0.1) is 11.7 Å². The molecule has 3 aromatic carbocycles. The van der Waals surface area contributed by atoms with Crippen molar-refractivity contribution in [3.05, 3.63) is 106 Å². The third-order valence-corrected chi connectivity index (χ3v) is 7.06. The Morgan fingerprint density at radius 1 is 0.818 bits per heavy atom. The molecule has 0 saturated carbocycles. The highest BCUT2D eigenvalue weighted by Gasteiger charge is 2.26. The van der Waals surface area contributed by atoms with Gasteiger partial charge in [-0.2, -0.15) is 0 Å². The summed E-state index contributed by atoms with van der Waals surface area (Å²) >= 11 is 0. The van der Waals surface area contributed by atoms with Crippen LogP contribution >= 0.6 is 0 Å². The second-order valence-corrected chi connectivity index (χ2v) is 9.44. The third-order valence-electron chi connectivity index (χ3n) is 7.06. The van der Waals surface area contributed by atoms with Gasteiger partial charge in [0.15, 0.2) is 0 Å². The molecular weight excluding hydrogens is 412 g/mol. The van der Waals surface area contributed by atoms with E-state index in [9.17, 15) is 8.78 Å². The van der Waals surface area contributed by atoms with Gasteiger partial charge in [-0.3, -0.25) is 4.39 Å². The van der Waals surface area contributed by atoms with Gasteiger partial charge in [-0.05, 0) is 89.1 Å². The van der Waals surface area contributed by atoms with Gasteiger partial charge in [0, 0.05) is 19.6 Å². The van der Waals surface area contributed by atoms with E-state index in [1.807, 2.05) is 12.1 Å². The maximum absolute atomic E-state index is 13.6. The molecule has 3 heteroatoms. The first kappa shape index (κ1) is 22.0. The van der Waals surface area contributed by atoms with Crippen LogP contribution in [0.3, 0.4) is 0 Å². The van der Waals surface area contributed by atoms with E-state index in [0.29, 0.717) is 12.3 Å². The van der Waals surface area contributed by atoms with Crippen molar-refractivity contribution < 1.29 is 8.78 Å². The molecule has 1 heterocycles. The normalized spacial score (nSPS) is 16.9. The minimum Gasteiger partial charge on any atom is -0.303 e.